The van der Waals surface area contributed by atoms with Crippen molar-refractivity contribution in [3.05, 3.63) is 53.0 Å². The van der Waals surface area contributed by atoms with Gasteiger partial charge in [0, 0.05) is 16.2 Å². The fourth-order valence-corrected chi connectivity index (χ4v) is 2.73. The Hall–Kier alpha value is -1.79. The summed E-state index contributed by atoms with van der Waals surface area (Å²) in [5.41, 5.74) is 0.869. The number of benzene rings is 1. The quantitative estimate of drug-likeness (QED) is 0.876. The summed E-state index contributed by atoms with van der Waals surface area (Å²) in [6.07, 6.45) is 0. The zero-order chi connectivity index (χ0) is 15.6. The van der Waals surface area contributed by atoms with Gasteiger partial charge in [-0.15, -0.1) is 0 Å². The molecule has 1 heterocycles. The molecule has 0 saturated heterocycles. The minimum Gasteiger partial charge on any atom is -0.465 e. The van der Waals surface area contributed by atoms with Crippen LogP contribution in [0.4, 0.5) is 0 Å². The minimum atomic E-state index is -3.87. The van der Waals surface area contributed by atoms with E-state index in [1.807, 2.05) is 6.92 Å². The molecule has 1 aromatic carbocycles. The summed E-state index contributed by atoms with van der Waals surface area (Å²) < 4.78 is 28.1. The summed E-state index contributed by atoms with van der Waals surface area (Å²) >= 11 is 0. The Bertz CT molecular complexity index is 780. The molecule has 0 unspecified atom stereocenters. The Morgan fingerprint density at radius 3 is 2.52 bits per heavy atom. The highest BCUT2D eigenvalue weighted by molar-refractivity contribution is 8.13. The highest BCUT2D eigenvalue weighted by atomic mass is 35.7. The third-order valence-electron chi connectivity index (χ3n) is 2.81. The molecule has 0 radical (unpaired) electrons. The van der Waals surface area contributed by atoms with Gasteiger partial charge in [0.1, 0.15) is 11.5 Å². The van der Waals surface area contributed by atoms with Gasteiger partial charge in [-0.1, -0.05) is 0 Å². The van der Waals surface area contributed by atoms with Crippen molar-refractivity contribution in [3.63, 3.8) is 0 Å². The largest absolute Gasteiger partial charge is 0.465 e. The van der Waals surface area contributed by atoms with Gasteiger partial charge in [0.05, 0.1) is 11.4 Å². The molecule has 7 heteroatoms. The van der Waals surface area contributed by atoms with Gasteiger partial charge in [-0.05, 0) is 49.7 Å². The predicted octanol–water partition coefficient (Wildman–Crippen LogP) is 2.75. The van der Waals surface area contributed by atoms with Gasteiger partial charge in [-0.25, -0.2) is 8.42 Å². The SMILES string of the molecule is Cc1cc(C(=O)NCc2ccc(C)o2)cc(S(=O)(=O)Cl)c1. The monoisotopic (exact) mass is 327 g/mol. The van der Waals surface area contributed by atoms with Crippen molar-refractivity contribution in [1.29, 1.82) is 0 Å². The predicted molar refractivity (Wildman–Crippen MR) is 78.8 cm³/mol. The molecule has 2 rings (SSSR count). The first-order valence-electron chi connectivity index (χ1n) is 6.15. The van der Waals surface area contributed by atoms with E-state index in [-0.39, 0.29) is 17.0 Å². The lowest BCUT2D eigenvalue weighted by Gasteiger charge is -2.06. The molecule has 0 spiro atoms. The van der Waals surface area contributed by atoms with Gasteiger partial charge in [0.2, 0.25) is 0 Å². The number of hydrogen-bond donors (Lipinski definition) is 1. The van der Waals surface area contributed by atoms with E-state index in [4.69, 9.17) is 15.1 Å². The molecule has 0 saturated carbocycles. The zero-order valence-corrected chi connectivity index (χ0v) is 13.1. The van der Waals surface area contributed by atoms with Crippen molar-refractivity contribution in [2.45, 2.75) is 25.3 Å². The number of hydrogen-bond acceptors (Lipinski definition) is 4. The third kappa shape index (κ3) is 4.09. The van der Waals surface area contributed by atoms with Gasteiger partial charge < -0.3 is 9.73 Å². The Balaban J connectivity index is 2.17. The summed E-state index contributed by atoms with van der Waals surface area (Å²) in [6.45, 7) is 3.73. The zero-order valence-electron chi connectivity index (χ0n) is 11.5. The molecule has 0 aliphatic heterocycles. The molecule has 0 atom stereocenters. The maximum Gasteiger partial charge on any atom is 0.261 e. The molecule has 0 aliphatic rings. The van der Waals surface area contributed by atoms with Crippen LogP contribution in [-0.4, -0.2) is 14.3 Å². The Kier molecular flexibility index (Phi) is 4.39. The van der Waals surface area contributed by atoms with Crippen LogP contribution >= 0.6 is 10.7 Å². The first-order valence-corrected chi connectivity index (χ1v) is 8.46. The van der Waals surface area contributed by atoms with Gasteiger partial charge in [-0.3, -0.25) is 4.79 Å². The van der Waals surface area contributed by atoms with Crippen LogP contribution in [0.2, 0.25) is 0 Å². The standard InChI is InChI=1S/C14H14ClNO4S/c1-9-5-11(7-13(6-9)21(15,18)19)14(17)16-8-12-4-3-10(2)20-12/h3-7H,8H2,1-2H3,(H,16,17). The summed E-state index contributed by atoms with van der Waals surface area (Å²) in [4.78, 5) is 12.0. The molecule has 2 aromatic rings. The minimum absolute atomic E-state index is 0.0943. The second-order valence-electron chi connectivity index (χ2n) is 4.67. The van der Waals surface area contributed by atoms with E-state index in [0.717, 1.165) is 5.76 Å². The van der Waals surface area contributed by atoms with Gasteiger partial charge in [0.25, 0.3) is 15.0 Å². The van der Waals surface area contributed by atoms with E-state index in [1.54, 1.807) is 25.1 Å². The highest BCUT2D eigenvalue weighted by Crippen LogP contribution is 2.19. The summed E-state index contributed by atoms with van der Waals surface area (Å²) in [5, 5.41) is 2.66. The second-order valence-corrected chi connectivity index (χ2v) is 7.23. The van der Waals surface area contributed by atoms with Gasteiger partial charge in [-0.2, -0.15) is 0 Å². The topological polar surface area (TPSA) is 76.4 Å². The van der Waals surface area contributed by atoms with E-state index in [9.17, 15) is 13.2 Å². The summed E-state index contributed by atoms with van der Waals surface area (Å²) in [6, 6.07) is 7.81. The van der Waals surface area contributed by atoms with Gasteiger partial charge >= 0.3 is 0 Å². The van der Waals surface area contributed by atoms with Crippen molar-refractivity contribution in [2.24, 2.45) is 0 Å². The lowest BCUT2D eigenvalue weighted by Crippen LogP contribution is -2.22. The number of nitrogens with one attached hydrogen (secondary N) is 1. The summed E-state index contributed by atoms with van der Waals surface area (Å²) in [5.74, 6) is 0.985. The fraction of sp³-hybridized carbons (Fsp3) is 0.214. The number of halogens is 1. The Labute approximate surface area is 127 Å². The highest BCUT2D eigenvalue weighted by Gasteiger charge is 2.15. The lowest BCUT2D eigenvalue weighted by atomic mass is 10.1. The van der Waals surface area contributed by atoms with Crippen LogP contribution < -0.4 is 5.32 Å². The first kappa shape index (κ1) is 15.6. The lowest BCUT2D eigenvalue weighted by molar-refractivity contribution is 0.0947. The Morgan fingerprint density at radius 2 is 1.95 bits per heavy atom. The number of carbonyl (C=O) groups is 1. The van der Waals surface area contributed by atoms with Crippen LogP contribution in [0, 0.1) is 13.8 Å². The van der Waals surface area contributed by atoms with E-state index in [1.165, 1.54) is 12.1 Å². The normalized spacial score (nSPS) is 11.4. The van der Waals surface area contributed by atoms with Crippen LogP contribution in [0.1, 0.15) is 27.4 Å². The van der Waals surface area contributed by atoms with Crippen LogP contribution in [0.25, 0.3) is 0 Å². The van der Waals surface area contributed by atoms with Crippen LogP contribution in [-0.2, 0) is 15.6 Å². The van der Waals surface area contributed by atoms with Crippen molar-refractivity contribution in [3.8, 4) is 0 Å². The van der Waals surface area contributed by atoms with Crippen molar-refractivity contribution >= 4 is 25.6 Å². The first-order chi connectivity index (χ1) is 9.75. The molecular weight excluding hydrogens is 314 g/mol. The van der Waals surface area contributed by atoms with Crippen LogP contribution in [0.5, 0.6) is 0 Å². The van der Waals surface area contributed by atoms with Crippen LogP contribution in [0.15, 0.2) is 39.6 Å². The molecule has 112 valence electrons. The average Bonchev–Trinajstić information content (AvgIpc) is 2.80. The number of amides is 1. The number of aryl methyl sites for hydroxylation is 2. The number of rotatable bonds is 4. The molecule has 1 aromatic heterocycles. The molecule has 0 fully saturated rings. The molecule has 21 heavy (non-hydrogen) atoms. The fourth-order valence-electron chi connectivity index (χ4n) is 1.87. The third-order valence-corrected chi connectivity index (χ3v) is 4.15. The second kappa shape index (κ2) is 5.91. The number of furan rings is 1. The van der Waals surface area contributed by atoms with Crippen molar-refractivity contribution in [2.75, 3.05) is 0 Å². The van der Waals surface area contributed by atoms with E-state index in [0.29, 0.717) is 11.3 Å². The molecule has 0 aliphatic carbocycles. The average molecular weight is 328 g/mol. The number of carbonyl (C=O) groups excluding carboxylic acids is 1. The summed E-state index contributed by atoms with van der Waals surface area (Å²) in [7, 11) is 1.44. The maximum atomic E-state index is 12.1. The molecule has 1 N–H and O–H groups in total. The van der Waals surface area contributed by atoms with Crippen molar-refractivity contribution in [1.82, 2.24) is 5.32 Å². The van der Waals surface area contributed by atoms with Gasteiger partial charge in [0.15, 0.2) is 0 Å². The maximum absolute atomic E-state index is 12.1. The molecule has 5 nitrogen and oxygen atoms in total. The Morgan fingerprint density at radius 1 is 1.24 bits per heavy atom. The molecular formula is C14H14ClNO4S. The molecule has 1 amide bonds. The van der Waals surface area contributed by atoms with E-state index in [2.05, 4.69) is 5.32 Å². The van der Waals surface area contributed by atoms with E-state index >= 15 is 0 Å². The van der Waals surface area contributed by atoms with Crippen molar-refractivity contribution < 1.29 is 17.6 Å². The smallest absolute Gasteiger partial charge is 0.261 e. The van der Waals surface area contributed by atoms with E-state index < -0.39 is 15.0 Å². The molecule has 0 bridgehead atoms. The van der Waals surface area contributed by atoms with Crippen LogP contribution in [0.3, 0.4) is 0 Å².